The van der Waals surface area contributed by atoms with E-state index in [1.165, 1.54) is 12.2 Å². The van der Waals surface area contributed by atoms with Crippen LogP contribution in [0.3, 0.4) is 0 Å². The van der Waals surface area contributed by atoms with Crippen molar-refractivity contribution < 1.29 is 24.5 Å². The van der Waals surface area contributed by atoms with Crippen LogP contribution in [0.1, 0.15) is 21.5 Å². The summed E-state index contributed by atoms with van der Waals surface area (Å²) in [5.41, 5.74) is 3.18. The lowest BCUT2D eigenvalue weighted by Gasteiger charge is -2.36. The van der Waals surface area contributed by atoms with Crippen LogP contribution >= 0.6 is 0 Å². The number of aliphatic hydroxyl groups excluding tert-OH is 1. The minimum atomic E-state index is -1.01. The molecule has 5 nitrogen and oxygen atoms in total. The van der Waals surface area contributed by atoms with E-state index >= 15 is 0 Å². The number of aromatic carboxylic acids is 1. The number of ether oxygens (including phenoxy) is 1. The molecule has 0 radical (unpaired) electrons. The van der Waals surface area contributed by atoms with Crippen molar-refractivity contribution in [3.8, 4) is 0 Å². The van der Waals surface area contributed by atoms with Crippen LogP contribution < -0.4 is 0 Å². The van der Waals surface area contributed by atoms with Crippen molar-refractivity contribution in [2.75, 3.05) is 0 Å². The maximum absolute atomic E-state index is 11.8. The Kier molecular flexibility index (Phi) is 3.65. The van der Waals surface area contributed by atoms with E-state index in [0.29, 0.717) is 11.3 Å². The molecule has 1 aromatic rings. The quantitative estimate of drug-likeness (QED) is 0.855. The SMILES string of the molecule is Cc1ccc(C2=C3C=CC(O)=CC3OC3=CC(=O)C=CC32)c(C(=O)O)c1. The number of hydrogen-bond acceptors (Lipinski definition) is 4. The highest BCUT2D eigenvalue weighted by molar-refractivity contribution is 6.03. The van der Waals surface area contributed by atoms with Crippen molar-refractivity contribution in [3.63, 3.8) is 0 Å². The van der Waals surface area contributed by atoms with Gasteiger partial charge in [0.25, 0.3) is 0 Å². The first-order chi connectivity index (χ1) is 12.4. The molecule has 0 aromatic heterocycles. The van der Waals surface area contributed by atoms with Crippen LogP contribution in [0, 0.1) is 12.8 Å². The van der Waals surface area contributed by atoms with Crippen molar-refractivity contribution >= 4 is 17.3 Å². The summed E-state index contributed by atoms with van der Waals surface area (Å²) in [5, 5.41) is 19.5. The van der Waals surface area contributed by atoms with E-state index in [1.807, 2.05) is 13.0 Å². The Hall–Kier alpha value is -3.34. The molecule has 1 aromatic carbocycles. The summed E-state index contributed by atoms with van der Waals surface area (Å²) in [5.74, 6) is -1.02. The van der Waals surface area contributed by atoms with Gasteiger partial charge in [0.1, 0.15) is 17.6 Å². The van der Waals surface area contributed by atoms with Gasteiger partial charge in [0.15, 0.2) is 5.78 Å². The molecule has 5 heteroatoms. The van der Waals surface area contributed by atoms with E-state index in [-0.39, 0.29) is 23.0 Å². The highest BCUT2D eigenvalue weighted by Crippen LogP contribution is 2.44. The third kappa shape index (κ3) is 2.58. The number of rotatable bonds is 2. The van der Waals surface area contributed by atoms with Gasteiger partial charge in [-0.3, -0.25) is 4.79 Å². The molecular formula is C21H16O5. The largest absolute Gasteiger partial charge is 0.508 e. The molecular weight excluding hydrogens is 332 g/mol. The van der Waals surface area contributed by atoms with E-state index in [2.05, 4.69) is 0 Å². The average Bonchev–Trinajstić information content (AvgIpc) is 2.59. The van der Waals surface area contributed by atoms with Crippen molar-refractivity contribution in [3.05, 3.63) is 88.4 Å². The standard InChI is InChI=1S/C21H16O5/c1-11-2-5-14(17(8-11)21(24)25)20-15-6-3-12(22)9-18(15)26-19-10-13(23)4-7-16(19)20/h2-10,15,19,23H,1H3,(H,24,25). The molecule has 0 spiro atoms. The predicted octanol–water partition coefficient (Wildman–Crippen LogP) is 3.50. The predicted molar refractivity (Wildman–Crippen MR) is 95.5 cm³/mol. The van der Waals surface area contributed by atoms with Crippen LogP contribution in [0.5, 0.6) is 0 Å². The van der Waals surface area contributed by atoms with Crippen molar-refractivity contribution in [1.29, 1.82) is 0 Å². The Morgan fingerprint density at radius 1 is 1.19 bits per heavy atom. The summed E-state index contributed by atoms with van der Waals surface area (Å²) in [6, 6.07) is 5.29. The van der Waals surface area contributed by atoms with Crippen LogP contribution in [0.25, 0.3) is 5.57 Å². The summed E-state index contributed by atoms with van der Waals surface area (Å²) in [6.07, 6.45) is 8.88. The maximum Gasteiger partial charge on any atom is 0.336 e. The number of carbonyl (C=O) groups is 2. The minimum absolute atomic E-state index is 0.0668. The molecule has 2 atom stereocenters. The zero-order valence-corrected chi connectivity index (χ0v) is 14.0. The Morgan fingerprint density at radius 2 is 2.00 bits per heavy atom. The average molecular weight is 348 g/mol. The van der Waals surface area contributed by atoms with Gasteiger partial charge in [0, 0.05) is 17.7 Å². The van der Waals surface area contributed by atoms with E-state index in [4.69, 9.17) is 4.74 Å². The molecule has 2 aliphatic carbocycles. The first-order valence-corrected chi connectivity index (χ1v) is 8.21. The third-order valence-electron chi connectivity index (χ3n) is 4.69. The Bertz CT molecular complexity index is 988. The summed E-state index contributed by atoms with van der Waals surface area (Å²) in [6.45, 7) is 1.84. The van der Waals surface area contributed by atoms with E-state index in [1.54, 1.807) is 36.4 Å². The Labute approximate surface area is 149 Å². The fourth-order valence-corrected chi connectivity index (χ4v) is 3.54. The van der Waals surface area contributed by atoms with Crippen LogP contribution in [-0.2, 0) is 9.53 Å². The van der Waals surface area contributed by atoms with E-state index < -0.39 is 12.1 Å². The number of aliphatic hydroxyl groups is 1. The zero-order chi connectivity index (χ0) is 18.4. The van der Waals surface area contributed by atoms with Crippen molar-refractivity contribution in [2.45, 2.75) is 13.0 Å². The molecule has 1 aliphatic heterocycles. The van der Waals surface area contributed by atoms with E-state index in [0.717, 1.165) is 16.7 Å². The lowest BCUT2D eigenvalue weighted by molar-refractivity contribution is -0.110. The monoisotopic (exact) mass is 348 g/mol. The lowest BCUT2D eigenvalue weighted by Crippen LogP contribution is -2.29. The molecule has 3 aliphatic rings. The number of carboxylic acids is 1. The summed E-state index contributed by atoms with van der Waals surface area (Å²) < 4.78 is 5.91. The summed E-state index contributed by atoms with van der Waals surface area (Å²) in [7, 11) is 0. The topological polar surface area (TPSA) is 83.8 Å². The first kappa shape index (κ1) is 16.1. The van der Waals surface area contributed by atoms with Gasteiger partial charge < -0.3 is 14.9 Å². The lowest BCUT2D eigenvalue weighted by atomic mass is 9.78. The van der Waals surface area contributed by atoms with Gasteiger partial charge in [0.2, 0.25) is 0 Å². The number of allylic oxidation sites excluding steroid dienone is 4. The smallest absolute Gasteiger partial charge is 0.336 e. The number of hydrogen-bond donors (Lipinski definition) is 2. The second-order valence-electron chi connectivity index (χ2n) is 6.47. The number of aryl methyl sites for hydroxylation is 1. The van der Waals surface area contributed by atoms with Gasteiger partial charge in [-0.2, -0.15) is 0 Å². The summed E-state index contributed by atoms with van der Waals surface area (Å²) in [4.78, 5) is 23.6. The second kappa shape index (κ2) is 5.88. The molecule has 0 saturated carbocycles. The number of fused-ring (bicyclic) bond motifs is 2. The van der Waals surface area contributed by atoms with Gasteiger partial charge in [-0.25, -0.2) is 4.79 Å². The van der Waals surface area contributed by atoms with E-state index in [9.17, 15) is 19.8 Å². The molecule has 2 N–H and O–H groups in total. The van der Waals surface area contributed by atoms with Crippen LogP contribution in [0.15, 0.2) is 71.7 Å². The van der Waals surface area contributed by atoms with Crippen LogP contribution in [0.2, 0.25) is 0 Å². The highest BCUT2D eigenvalue weighted by Gasteiger charge is 2.36. The molecule has 26 heavy (non-hydrogen) atoms. The molecule has 0 amide bonds. The molecule has 0 fully saturated rings. The van der Waals surface area contributed by atoms with Crippen LogP contribution in [-0.4, -0.2) is 28.1 Å². The Morgan fingerprint density at radius 3 is 2.77 bits per heavy atom. The molecule has 2 unspecified atom stereocenters. The van der Waals surface area contributed by atoms with Gasteiger partial charge in [-0.1, -0.05) is 29.8 Å². The Balaban J connectivity index is 1.99. The second-order valence-corrected chi connectivity index (χ2v) is 6.47. The molecule has 0 saturated heterocycles. The molecule has 4 rings (SSSR count). The van der Waals surface area contributed by atoms with Gasteiger partial charge in [0.05, 0.1) is 11.5 Å². The normalized spacial score (nSPS) is 23.7. The molecule has 1 heterocycles. The van der Waals surface area contributed by atoms with Gasteiger partial charge in [-0.15, -0.1) is 0 Å². The number of ketones is 1. The summed E-state index contributed by atoms with van der Waals surface area (Å²) >= 11 is 0. The fraction of sp³-hybridized carbons (Fsp3) is 0.143. The van der Waals surface area contributed by atoms with Crippen LogP contribution in [0.4, 0.5) is 0 Å². The van der Waals surface area contributed by atoms with Crippen molar-refractivity contribution in [2.24, 2.45) is 5.92 Å². The highest BCUT2D eigenvalue weighted by atomic mass is 16.5. The number of benzene rings is 1. The first-order valence-electron chi connectivity index (χ1n) is 8.21. The van der Waals surface area contributed by atoms with Gasteiger partial charge in [-0.05, 0) is 36.3 Å². The maximum atomic E-state index is 11.8. The van der Waals surface area contributed by atoms with Crippen molar-refractivity contribution in [1.82, 2.24) is 0 Å². The molecule has 0 bridgehead atoms. The third-order valence-corrected chi connectivity index (χ3v) is 4.69. The number of carboxylic acid groups (broad SMARTS) is 1. The fourth-order valence-electron chi connectivity index (χ4n) is 3.54. The molecule has 130 valence electrons. The number of carbonyl (C=O) groups excluding carboxylic acids is 1. The van der Waals surface area contributed by atoms with Gasteiger partial charge >= 0.3 is 5.97 Å². The zero-order valence-electron chi connectivity index (χ0n) is 14.0. The minimum Gasteiger partial charge on any atom is -0.508 e.